The molecule has 1 amide bonds. The van der Waals surface area contributed by atoms with Crippen molar-refractivity contribution in [3.05, 3.63) is 52.1 Å². The zero-order valence-electron chi connectivity index (χ0n) is 14.3. The van der Waals surface area contributed by atoms with E-state index in [0.29, 0.717) is 23.7 Å². The molecule has 3 rings (SSSR count). The summed E-state index contributed by atoms with van der Waals surface area (Å²) in [5.74, 6) is -0.0594. The highest BCUT2D eigenvalue weighted by Crippen LogP contribution is 2.16. The summed E-state index contributed by atoms with van der Waals surface area (Å²) in [7, 11) is 1.50. The van der Waals surface area contributed by atoms with E-state index in [-0.39, 0.29) is 17.2 Å². The number of amides is 1. The highest BCUT2D eigenvalue weighted by Gasteiger charge is 2.20. The Balaban J connectivity index is 1.84. The van der Waals surface area contributed by atoms with Gasteiger partial charge in [0.2, 0.25) is 5.88 Å². The minimum absolute atomic E-state index is 0.0285. The zero-order chi connectivity index (χ0) is 17.8. The number of methoxy groups -OCH3 is 1. The Labute approximate surface area is 145 Å². The molecule has 7 heteroatoms. The van der Waals surface area contributed by atoms with Crippen molar-refractivity contribution in [1.82, 2.24) is 9.55 Å². The molecular weight excluding hydrogens is 322 g/mol. The van der Waals surface area contributed by atoms with E-state index >= 15 is 0 Å². The molecule has 1 aliphatic rings. The van der Waals surface area contributed by atoms with Crippen molar-refractivity contribution in [2.24, 2.45) is 0 Å². The van der Waals surface area contributed by atoms with E-state index in [2.05, 4.69) is 10.3 Å². The van der Waals surface area contributed by atoms with Gasteiger partial charge in [0, 0.05) is 30.8 Å². The van der Waals surface area contributed by atoms with Gasteiger partial charge in [-0.05, 0) is 37.5 Å². The third kappa shape index (κ3) is 3.88. The predicted molar refractivity (Wildman–Crippen MR) is 93.2 cm³/mol. The first-order chi connectivity index (χ1) is 12.1. The average Bonchev–Trinajstić information content (AvgIpc) is 3.11. The second kappa shape index (κ2) is 7.48. The van der Waals surface area contributed by atoms with Crippen LogP contribution in [0, 0.1) is 6.92 Å². The number of pyridine rings is 2. The molecule has 7 nitrogen and oxygen atoms in total. The molecule has 1 N–H and O–H groups in total. The number of nitrogens with zero attached hydrogens (tertiary/aromatic N) is 2. The molecule has 1 fully saturated rings. The van der Waals surface area contributed by atoms with Crippen LogP contribution < -0.4 is 15.6 Å². The van der Waals surface area contributed by atoms with Gasteiger partial charge < -0.3 is 19.4 Å². The van der Waals surface area contributed by atoms with E-state index in [1.165, 1.54) is 13.3 Å². The molecule has 1 aliphatic heterocycles. The van der Waals surface area contributed by atoms with Gasteiger partial charge in [0.1, 0.15) is 5.56 Å². The van der Waals surface area contributed by atoms with Crippen LogP contribution in [0.25, 0.3) is 0 Å². The van der Waals surface area contributed by atoms with Crippen LogP contribution in [0.4, 0.5) is 5.69 Å². The van der Waals surface area contributed by atoms with Gasteiger partial charge in [0.15, 0.2) is 0 Å². The number of nitrogens with one attached hydrogen (secondary N) is 1. The van der Waals surface area contributed by atoms with Crippen molar-refractivity contribution in [2.75, 3.05) is 19.0 Å². The first-order valence-corrected chi connectivity index (χ1v) is 8.21. The Morgan fingerprint density at radius 1 is 1.48 bits per heavy atom. The van der Waals surface area contributed by atoms with Crippen LogP contribution in [-0.2, 0) is 11.3 Å². The van der Waals surface area contributed by atoms with Crippen LogP contribution in [0.15, 0.2) is 35.4 Å². The number of ether oxygens (including phenoxy) is 2. The molecule has 2 aromatic heterocycles. The van der Waals surface area contributed by atoms with Gasteiger partial charge in [-0.2, -0.15) is 0 Å². The van der Waals surface area contributed by atoms with Gasteiger partial charge in [0.05, 0.1) is 19.8 Å². The lowest BCUT2D eigenvalue weighted by Gasteiger charge is -2.14. The number of carbonyl (C=O) groups excluding carboxylic acids is 1. The maximum absolute atomic E-state index is 12.7. The van der Waals surface area contributed by atoms with E-state index in [9.17, 15) is 9.59 Å². The lowest BCUT2D eigenvalue weighted by Crippen LogP contribution is -2.32. The first-order valence-electron chi connectivity index (χ1n) is 8.21. The maximum Gasteiger partial charge on any atom is 0.263 e. The van der Waals surface area contributed by atoms with Gasteiger partial charge in [0.25, 0.3) is 11.5 Å². The van der Waals surface area contributed by atoms with Crippen LogP contribution in [0.2, 0.25) is 0 Å². The molecule has 25 heavy (non-hydrogen) atoms. The second-order valence-electron chi connectivity index (χ2n) is 6.01. The number of hydrogen-bond acceptors (Lipinski definition) is 5. The minimum Gasteiger partial charge on any atom is -0.481 e. The summed E-state index contributed by atoms with van der Waals surface area (Å²) < 4.78 is 12.2. The largest absolute Gasteiger partial charge is 0.481 e. The van der Waals surface area contributed by atoms with Gasteiger partial charge in [-0.15, -0.1) is 0 Å². The molecule has 0 aliphatic carbocycles. The van der Waals surface area contributed by atoms with Crippen molar-refractivity contribution in [3.8, 4) is 5.88 Å². The monoisotopic (exact) mass is 343 g/mol. The molecule has 0 spiro atoms. The van der Waals surface area contributed by atoms with E-state index in [1.54, 1.807) is 35.9 Å². The summed E-state index contributed by atoms with van der Waals surface area (Å²) in [6.45, 7) is 2.94. The van der Waals surface area contributed by atoms with E-state index in [4.69, 9.17) is 9.47 Å². The topological polar surface area (TPSA) is 82.5 Å². The SMILES string of the molecule is COc1cc(NC(=O)c2c(C)ccn(CC3CCCO3)c2=O)ccn1. The average molecular weight is 343 g/mol. The fourth-order valence-electron chi connectivity index (χ4n) is 2.89. The molecule has 0 bridgehead atoms. The standard InChI is InChI=1S/C18H21N3O4/c1-12-6-8-21(11-14-4-3-9-25-14)18(23)16(12)17(22)20-13-5-7-19-15(10-13)24-2/h5-8,10,14H,3-4,9,11H2,1-2H3,(H,19,20,22). The van der Waals surface area contributed by atoms with Crippen molar-refractivity contribution in [1.29, 1.82) is 0 Å². The van der Waals surface area contributed by atoms with Crippen molar-refractivity contribution >= 4 is 11.6 Å². The molecule has 1 unspecified atom stereocenters. The second-order valence-corrected chi connectivity index (χ2v) is 6.01. The molecular formula is C18H21N3O4. The molecule has 1 atom stereocenters. The van der Waals surface area contributed by atoms with Gasteiger partial charge in [-0.25, -0.2) is 4.98 Å². The summed E-state index contributed by atoms with van der Waals surface area (Å²) >= 11 is 0. The summed E-state index contributed by atoms with van der Waals surface area (Å²) in [4.78, 5) is 29.4. The molecule has 0 aromatic carbocycles. The lowest BCUT2D eigenvalue weighted by molar-refractivity contribution is 0.0952. The fourth-order valence-corrected chi connectivity index (χ4v) is 2.89. The van der Waals surface area contributed by atoms with Gasteiger partial charge in [-0.1, -0.05) is 0 Å². The van der Waals surface area contributed by atoms with Gasteiger partial charge >= 0.3 is 0 Å². The van der Waals surface area contributed by atoms with Crippen molar-refractivity contribution in [2.45, 2.75) is 32.4 Å². The third-order valence-electron chi connectivity index (χ3n) is 4.23. The van der Waals surface area contributed by atoms with Crippen molar-refractivity contribution < 1.29 is 14.3 Å². The van der Waals surface area contributed by atoms with Crippen LogP contribution in [0.5, 0.6) is 5.88 Å². The highest BCUT2D eigenvalue weighted by atomic mass is 16.5. The highest BCUT2D eigenvalue weighted by molar-refractivity contribution is 6.05. The Bertz CT molecular complexity index is 825. The Kier molecular flexibility index (Phi) is 5.14. The van der Waals surface area contributed by atoms with Crippen LogP contribution in [0.1, 0.15) is 28.8 Å². The molecule has 0 saturated carbocycles. The maximum atomic E-state index is 12.7. The van der Waals surface area contributed by atoms with Crippen LogP contribution in [-0.4, -0.2) is 35.3 Å². The fraction of sp³-hybridized carbons (Fsp3) is 0.389. The Hall–Kier alpha value is -2.67. The first kappa shape index (κ1) is 17.2. The minimum atomic E-state index is -0.447. The molecule has 3 heterocycles. The zero-order valence-corrected chi connectivity index (χ0v) is 14.3. The number of anilines is 1. The summed E-state index contributed by atoms with van der Waals surface area (Å²) in [5.41, 5.74) is 0.975. The Morgan fingerprint density at radius 3 is 3.04 bits per heavy atom. The smallest absolute Gasteiger partial charge is 0.263 e. The number of aromatic nitrogens is 2. The van der Waals surface area contributed by atoms with Crippen LogP contribution in [0.3, 0.4) is 0 Å². The van der Waals surface area contributed by atoms with Crippen molar-refractivity contribution in [3.63, 3.8) is 0 Å². The number of aryl methyl sites for hydroxylation is 1. The number of rotatable bonds is 5. The molecule has 132 valence electrons. The summed E-state index contributed by atoms with van der Waals surface area (Å²) in [6.07, 6.45) is 5.20. The van der Waals surface area contributed by atoms with Crippen LogP contribution >= 0.6 is 0 Å². The molecule has 2 aromatic rings. The lowest BCUT2D eigenvalue weighted by atomic mass is 10.1. The van der Waals surface area contributed by atoms with Gasteiger partial charge in [-0.3, -0.25) is 9.59 Å². The number of carbonyl (C=O) groups is 1. The molecule has 0 radical (unpaired) electrons. The van der Waals surface area contributed by atoms with E-state index in [1.807, 2.05) is 0 Å². The Morgan fingerprint density at radius 2 is 2.32 bits per heavy atom. The van der Waals surface area contributed by atoms with E-state index < -0.39 is 5.91 Å². The summed E-state index contributed by atoms with van der Waals surface area (Å²) in [5, 5.41) is 2.73. The third-order valence-corrected chi connectivity index (χ3v) is 4.23. The predicted octanol–water partition coefficient (Wildman–Crippen LogP) is 1.99. The quantitative estimate of drug-likeness (QED) is 0.898. The normalized spacial score (nSPS) is 16.6. The molecule has 1 saturated heterocycles. The van der Waals surface area contributed by atoms with E-state index in [0.717, 1.165) is 19.4 Å². The summed E-state index contributed by atoms with van der Waals surface area (Å²) in [6, 6.07) is 5.02. The number of hydrogen-bond donors (Lipinski definition) is 1.